The molecule has 0 fully saturated rings. The second kappa shape index (κ2) is 7.05. The van der Waals surface area contributed by atoms with Crippen molar-refractivity contribution in [3.8, 4) is 5.75 Å². The van der Waals surface area contributed by atoms with E-state index in [1.807, 2.05) is 25.1 Å². The van der Waals surface area contributed by atoms with Crippen LogP contribution in [0.5, 0.6) is 5.75 Å². The summed E-state index contributed by atoms with van der Waals surface area (Å²) in [7, 11) is 1.30. The monoisotopic (exact) mass is 335 g/mol. The summed E-state index contributed by atoms with van der Waals surface area (Å²) in [5.74, 6) is -0.163. The number of para-hydroxylation sites is 1. The molecular weight excluding hydrogens is 318 g/mol. The van der Waals surface area contributed by atoms with Crippen molar-refractivity contribution in [3.63, 3.8) is 0 Å². The van der Waals surface area contributed by atoms with Crippen LogP contribution in [0.25, 0.3) is 6.08 Å². The van der Waals surface area contributed by atoms with Crippen LogP contribution in [0.1, 0.15) is 21.5 Å². The number of fused-ring (bicyclic) bond motifs is 1. The van der Waals surface area contributed by atoms with Crippen molar-refractivity contribution in [2.45, 2.75) is 6.92 Å². The number of esters is 1. The minimum atomic E-state index is -0.509. The number of carbonyl (C=O) groups is 2. The minimum Gasteiger partial charge on any atom is -0.465 e. The van der Waals surface area contributed by atoms with Gasteiger partial charge >= 0.3 is 5.97 Å². The van der Waals surface area contributed by atoms with Crippen molar-refractivity contribution in [1.29, 1.82) is 0 Å². The van der Waals surface area contributed by atoms with Crippen molar-refractivity contribution in [3.05, 3.63) is 77.1 Å². The van der Waals surface area contributed by atoms with Crippen molar-refractivity contribution in [1.82, 2.24) is 0 Å². The summed E-state index contributed by atoms with van der Waals surface area (Å²) in [4.78, 5) is 24.4. The third-order valence-corrected chi connectivity index (χ3v) is 3.77. The van der Waals surface area contributed by atoms with E-state index in [0.29, 0.717) is 22.6 Å². The Kier molecular flexibility index (Phi) is 4.66. The molecule has 0 radical (unpaired) electrons. The Bertz CT molecular complexity index is 896. The van der Waals surface area contributed by atoms with Gasteiger partial charge in [0.15, 0.2) is 0 Å². The summed E-state index contributed by atoms with van der Waals surface area (Å²) in [6.45, 7) is 1.97. The highest BCUT2D eigenvalue weighted by Crippen LogP contribution is 2.26. The SMILES string of the molecule is COC(=O)c1ccccc1NC(=O)C1=Cc2ccc(C)cc2OC=C1. The summed E-state index contributed by atoms with van der Waals surface area (Å²) >= 11 is 0. The minimum absolute atomic E-state index is 0.295. The van der Waals surface area contributed by atoms with E-state index in [1.165, 1.54) is 13.4 Å². The topological polar surface area (TPSA) is 64.6 Å². The number of anilines is 1. The molecule has 5 nitrogen and oxygen atoms in total. The van der Waals surface area contributed by atoms with Gasteiger partial charge in [-0.1, -0.05) is 24.3 Å². The van der Waals surface area contributed by atoms with Crippen LogP contribution in [0.3, 0.4) is 0 Å². The number of aryl methyl sites for hydroxylation is 1. The molecule has 1 heterocycles. The van der Waals surface area contributed by atoms with Gasteiger partial charge in [-0.2, -0.15) is 0 Å². The highest BCUT2D eigenvalue weighted by Gasteiger charge is 2.16. The Hall–Kier alpha value is -3.34. The van der Waals surface area contributed by atoms with Crippen LogP contribution in [0.2, 0.25) is 0 Å². The fourth-order valence-electron chi connectivity index (χ4n) is 2.47. The molecule has 0 atom stereocenters. The van der Waals surface area contributed by atoms with Crippen molar-refractivity contribution < 1.29 is 19.1 Å². The first-order valence-corrected chi connectivity index (χ1v) is 7.73. The van der Waals surface area contributed by atoms with Gasteiger partial charge in [-0.15, -0.1) is 0 Å². The predicted octanol–water partition coefficient (Wildman–Crippen LogP) is 3.71. The van der Waals surface area contributed by atoms with E-state index < -0.39 is 5.97 Å². The zero-order chi connectivity index (χ0) is 17.8. The second-order valence-corrected chi connectivity index (χ2v) is 5.55. The van der Waals surface area contributed by atoms with Gasteiger partial charge in [-0.05, 0) is 42.8 Å². The van der Waals surface area contributed by atoms with E-state index in [9.17, 15) is 9.59 Å². The molecule has 0 saturated carbocycles. The van der Waals surface area contributed by atoms with Crippen LogP contribution in [-0.4, -0.2) is 19.0 Å². The first-order chi connectivity index (χ1) is 12.1. The third-order valence-electron chi connectivity index (χ3n) is 3.77. The van der Waals surface area contributed by atoms with Crippen LogP contribution in [0.4, 0.5) is 5.69 Å². The smallest absolute Gasteiger partial charge is 0.339 e. The van der Waals surface area contributed by atoms with Gasteiger partial charge in [0.1, 0.15) is 5.75 Å². The number of methoxy groups -OCH3 is 1. The fraction of sp³-hybridized carbons (Fsp3) is 0.100. The van der Waals surface area contributed by atoms with Crippen LogP contribution in [0.15, 0.2) is 60.4 Å². The molecule has 2 aromatic carbocycles. The molecule has 5 heteroatoms. The van der Waals surface area contributed by atoms with E-state index in [4.69, 9.17) is 9.47 Å². The van der Waals surface area contributed by atoms with Crippen LogP contribution in [-0.2, 0) is 9.53 Å². The lowest BCUT2D eigenvalue weighted by Crippen LogP contribution is -2.16. The predicted molar refractivity (Wildman–Crippen MR) is 95.3 cm³/mol. The molecular formula is C20H17NO4. The van der Waals surface area contributed by atoms with Crippen LogP contribution >= 0.6 is 0 Å². The number of benzene rings is 2. The van der Waals surface area contributed by atoms with Crippen LogP contribution < -0.4 is 10.1 Å². The molecule has 0 aliphatic carbocycles. The lowest BCUT2D eigenvalue weighted by atomic mass is 10.1. The van der Waals surface area contributed by atoms with Crippen molar-refractivity contribution in [2.75, 3.05) is 12.4 Å². The van der Waals surface area contributed by atoms with E-state index in [0.717, 1.165) is 11.1 Å². The lowest BCUT2D eigenvalue weighted by molar-refractivity contribution is -0.112. The molecule has 0 aromatic heterocycles. The Morgan fingerprint density at radius 2 is 1.92 bits per heavy atom. The number of rotatable bonds is 3. The molecule has 3 rings (SSSR count). The average Bonchev–Trinajstić information content (AvgIpc) is 2.83. The molecule has 0 bridgehead atoms. The first kappa shape index (κ1) is 16.5. The number of carbonyl (C=O) groups excluding carboxylic acids is 2. The Morgan fingerprint density at radius 3 is 2.72 bits per heavy atom. The molecule has 2 aromatic rings. The van der Waals surface area contributed by atoms with E-state index in [-0.39, 0.29) is 5.91 Å². The molecule has 1 aliphatic heterocycles. The van der Waals surface area contributed by atoms with Crippen molar-refractivity contribution in [2.24, 2.45) is 0 Å². The van der Waals surface area contributed by atoms with Gasteiger partial charge in [0, 0.05) is 11.1 Å². The molecule has 0 unspecified atom stereocenters. The maximum Gasteiger partial charge on any atom is 0.339 e. The number of nitrogens with one attached hydrogen (secondary N) is 1. The highest BCUT2D eigenvalue weighted by molar-refractivity contribution is 6.11. The van der Waals surface area contributed by atoms with E-state index in [2.05, 4.69) is 5.32 Å². The van der Waals surface area contributed by atoms with Gasteiger partial charge in [0.25, 0.3) is 5.91 Å². The molecule has 1 amide bonds. The van der Waals surface area contributed by atoms with E-state index >= 15 is 0 Å². The van der Waals surface area contributed by atoms with Gasteiger partial charge < -0.3 is 14.8 Å². The second-order valence-electron chi connectivity index (χ2n) is 5.55. The Balaban J connectivity index is 1.89. The summed E-state index contributed by atoms with van der Waals surface area (Å²) < 4.78 is 10.3. The molecule has 25 heavy (non-hydrogen) atoms. The number of hydrogen-bond donors (Lipinski definition) is 1. The number of ether oxygens (including phenoxy) is 2. The molecule has 0 saturated heterocycles. The summed E-state index contributed by atoms with van der Waals surface area (Å²) in [5.41, 5.74) is 2.98. The van der Waals surface area contributed by atoms with Crippen LogP contribution in [0, 0.1) is 6.92 Å². The van der Waals surface area contributed by atoms with Gasteiger partial charge in [-0.25, -0.2) is 4.79 Å². The zero-order valence-corrected chi connectivity index (χ0v) is 13.9. The summed E-state index contributed by atoms with van der Waals surface area (Å²) in [6, 6.07) is 12.4. The summed E-state index contributed by atoms with van der Waals surface area (Å²) in [5, 5.41) is 2.75. The summed E-state index contributed by atoms with van der Waals surface area (Å²) in [6.07, 6.45) is 4.81. The third kappa shape index (κ3) is 3.61. The quantitative estimate of drug-likeness (QED) is 0.869. The van der Waals surface area contributed by atoms with Gasteiger partial charge in [0.05, 0.1) is 24.6 Å². The molecule has 1 N–H and O–H groups in total. The Morgan fingerprint density at radius 1 is 1.12 bits per heavy atom. The molecule has 126 valence electrons. The van der Waals surface area contributed by atoms with Gasteiger partial charge in [0.2, 0.25) is 0 Å². The van der Waals surface area contributed by atoms with E-state index in [1.54, 1.807) is 36.4 Å². The lowest BCUT2D eigenvalue weighted by Gasteiger charge is -2.10. The fourth-order valence-corrected chi connectivity index (χ4v) is 2.47. The Labute approximate surface area is 145 Å². The number of hydrogen-bond acceptors (Lipinski definition) is 4. The first-order valence-electron chi connectivity index (χ1n) is 7.73. The normalized spacial score (nSPS) is 12.3. The maximum absolute atomic E-state index is 12.6. The number of amides is 1. The van der Waals surface area contributed by atoms with Gasteiger partial charge in [-0.3, -0.25) is 4.79 Å². The van der Waals surface area contributed by atoms with Crippen molar-refractivity contribution >= 4 is 23.6 Å². The standard InChI is InChI=1S/C20H17NO4/c1-13-7-8-14-12-15(9-10-25-18(14)11-13)19(22)21-17-6-4-3-5-16(17)20(23)24-2/h3-12H,1-2H3,(H,21,22). The molecule has 0 spiro atoms. The largest absolute Gasteiger partial charge is 0.465 e. The average molecular weight is 335 g/mol. The maximum atomic E-state index is 12.6. The zero-order valence-electron chi connectivity index (χ0n) is 13.9. The highest BCUT2D eigenvalue weighted by atomic mass is 16.5. The molecule has 1 aliphatic rings.